The van der Waals surface area contributed by atoms with Crippen molar-refractivity contribution < 1.29 is 4.74 Å². The fourth-order valence-corrected chi connectivity index (χ4v) is 3.01. The lowest BCUT2D eigenvalue weighted by Crippen LogP contribution is -2.53. The SMILES string of the molecule is CCOC1(C(C=C(C)C)NC)CCC(C)(C)CC1. The summed E-state index contributed by atoms with van der Waals surface area (Å²) >= 11 is 0. The predicted octanol–water partition coefficient (Wildman–Crippen LogP) is 3.92. The number of rotatable bonds is 5. The number of hydrogen-bond donors (Lipinski definition) is 1. The maximum Gasteiger partial charge on any atom is 0.0870 e. The lowest BCUT2D eigenvalue weighted by atomic mass is 9.68. The molecular weight excluding hydrogens is 222 g/mol. The van der Waals surface area contributed by atoms with Crippen molar-refractivity contribution in [2.45, 2.75) is 71.9 Å². The van der Waals surface area contributed by atoms with Crippen molar-refractivity contribution in [1.29, 1.82) is 0 Å². The molecule has 0 aromatic heterocycles. The molecule has 18 heavy (non-hydrogen) atoms. The van der Waals surface area contributed by atoms with Gasteiger partial charge in [-0.1, -0.05) is 25.5 Å². The third-order valence-electron chi connectivity index (χ3n) is 4.26. The van der Waals surface area contributed by atoms with Gasteiger partial charge in [-0.3, -0.25) is 0 Å². The summed E-state index contributed by atoms with van der Waals surface area (Å²) in [5, 5.41) is 3.45. The molecule has 1 saturated carbocycles. The van der Waals surface area contributed by atoms with Crippen molar-refractivity contribution in [3.05, 3.63) is 11.6 Å². The average molecular weight is 253 g/mol. The molecule has 0 bridgehead atoms. The molecule has 0 aromatic rings. The Bertz CT molecular complexity index is 279. The monoisotopic (exact) mass is 253 g/mol. The van der Waals surface area contributed by atoms with Gasteiger partial charge in [-0.25, -0.2) is 0 Å². The van der Waals surface area contributed by atoms with E-state index >= 15 is 0 Å². The molecule has 0 saturated heterocycles. The zero-order valence-corrected chi connectivity index (χ0v) is 13.1. The number of hydrogen-bond acceptors (Lipinski definition) is 2. The maximum absolute atomic E-state index is 6.21. The van der Waals surface area contributed by atoms with Crippen LogP contribution >= 0.6 is 0 Å². The third kappa shape index (κ3) is 3.83. The highest BCUT2D eigenvalue weighted by atomic mass is 16.5. The quantitative estimate of drug-likeness (QED) is 0.750. The molecule has 0 aliphatic heterocycles. The van der Waals surface area contributed by atoms with Crippen LogP contribution in [0.4, 0.5) is 0 Å². The van der Waals surface area contributed by atoms with E-state index < -0.39 is 0 Å². The van der Waals surface area contributed by atoms with Gasteiger partial charge < -0.3 is 10.1 Å². The molecule has 0 heterocycles. The van der Waals surface area contributed by atoms with Gasteiger partial charge in [-0.05, 0) is 58.9 Å². The Kier molecular flexibility index (Phi) is 5.42. The summed E-state index contributed by atoms with van der Waals surface area (Å²) in [5.41, 5.74) is 1.83. The molecule has 2 nitrogen and oxygen atoms in total. The summed E-state index contributed by atoms with van der Waals surface area (Å²) in [4.78, 5) is 0. The van der Waals surface area contributed by atoms with E-state index in [-0.39, 0.29) is 5.60 Å². The molecule has 0 aromatic carbocycles. The van der Waals surface area contributed by atoms with Crippen LogP contribution in [0.3, 0.4) is 0 Å². The van der Waals surface area contributed by atoms with E-state index in [9.17, 15) is 0 Å². The Morgan fingerprint density at radius 2 is 1.78 bits per heavy atom. The fourth-order valence-electron chi connectivity index (χ4n) is 3.01. The Morgan fingerprint density at radius 1 is 1.22 bits per heavy atom. The van der Waals surface area contributed by atoms with Crippen LogP contribution < -0.4 is 5.32 Å². The van der Waals surface area contributed by atoms with Gasteiger partial charge in [0.25, 0.3) is 0 Å². The predicted molar refractivity (Wildman–Crippen MR) is 78.9 cm³/mol. The molecule has 1 rings (SSSR count). The van der Waals surface area contributed by atoms with Gasteiger partial charge in [0.15, 0.2) is 0 Å². The van der Waals surface area contributed by atoms with Crippen LogP contribution in [0, 0.1) is 5.41 Å². The molecule has 1 fully saturated rings. The second-order valence-electron chi connectivity index (χ2n) is 6.67. The molecule has 0 spiro atoms. The molecule has 0 radical (unpaired) electrons. The first-order chi connectivity index (χ1) is 8.35. The van der Waals surface area contributed by atoms with Gasteiger partial charge in [0.2, 0.25) is 0 Å². The van der Waals surface area contributed by atoms with Crippen molar-refractivity contribution in [3.8, 4) is 0 Å². The molecule has 2 heteroatoms. The van der Waals surface area contributed by atoms with E-state index in [2.05, 4.69) is 46.0 Å². The Morgan fingerprint density at radius 3 is 2.17 bits per heavy atom. The Balaban J connectivity index is 2.90. The molecule has 1 aliphatic carbocycles. The summed E-state index contributed by atoms with van der Waals surface area (Å²) in [7, 11) is 2.05. The zero-order valence-electron chi connectivity index (χ0n) is 13.1. The standard InChI is InChI=1S/C16H31NO/c1-7-18-16(14(17-6)12-13(2)3)10-8-15(4,5)9-11-16/h12,14,17H,7-11H2,1-6H3. The second kappa shape index (κ2) is 6.21. The molecule has 1 N–H and O–H groups in total. The van der Waals surface area contributed by atoms with Gasteiger partial charge in [-0.15, -0.1) is 0 Å². The third-order valence-corrected chi connectivity index (χ3v) is 4.26. The van der Waals surface area contributed by atoms with Gasteiger partial charge >= 0.3 is 0 Å². The van der Waals surface area contributed by atoms with Crippen molar-refractivity contribution >= 4 is 0 Å². The lowest BCUT2D eigenvalue weighted by molar-refractivity contribution is -0.0957. The zero-order chi connectivity index (χ0) is 13.8. The van der Waals surface area contributed by atoms with Crippen molar-refractivity contribution in [3.63, 3.8) is 0 Å². The molecular formula is C16H31NO. The fraction of sp³-hybridized carbons (Fsp3) is 0.875. The number of ether oxygens (including phenoxy) is 1. The van der Waals surface area contributed by atoms with Gasteiger partial charge in [0.1, 0.15) is 0 Å². The summed E-state index contributed by atoms with van der Waals surface area (Å²) in [6.07, 6.45) is 7.14. The van der Waals surface area contributed by atoms with Gasteiger partial charge in [0.05, 0.1) is 11.6 Å². The van der Waals surface area contributed by atoms with E-state index in [1.807, 2.05) is 7.05 Å². The van der Waals surface area contributed by atoms with Crippen molar-refractivity contribution in [1.82, 2.24) is 5.32 Å². The van der Waals surface area contributed by atoms with Crippen LogP contribution in [0.2, 0.25) is 0 Å². The number of nitrogens with one attached hydrogen (secondary N) is 1. The summed E-state index contributed by atoms with van der Waals surface area (Å²) in [5.74, 6) is 0. The topological polar surface area (TPSA) is 21.3 Å². The Hall–Kier alpha value is -0.340. The van der Waals surface area contributed by atoms with Crippen molar-refractivity contribution in [2.75, 3.05) is 13.7 Å². The number of allylic oxidation sites excluding steroid dienone is 1. The second-order valence-corrected chi connectivity index (χ2v) is 6.67. The van der Waals surface area contributed by atoms with Crippen LogP contribution in [0.15, 0.2) is 11.6 Å². The summed E-state index contributed by atoms with van der Waals surface area (Å²) < 4.78 is 6.21. The van der Waals surface area contributed by atoms with E-state index in [0.717, 1.165) is 19.4 Å². The van der Waals surface area contributed by atoms with Crippen LogP contribution in [-0.2, 0) is 4.74 Å². The molecule has 106 valence electrons. The highest BCUT2D eigenvalue weighted by Gasteiger charge is 2.43. The van der Waals surface area contributed by atoms with E-state index in [4.69, 9.17) is 4.74 Å². The minimum absolute atomic E-state index is 0.00368. The molecule has 0 amide bonds. The summed E-state index contributed by atoms with van der Waals surface area (Å²) in [6.45, 7) is 12.0. The first-order valence-electron chi connectivity index (χ1n) is 7.31. The minimum Gasteiger partial charge on any atom is -0.373 e. The first-order valence-corrected chi connectivity index (χ1v) is 7.31. The highest BCUT2D eigenvalue weighted by Crippen LogP contribution is 2.44. The first kappa shape index (κ1) is 15.7. The maximum atomic E-state index is 6.21. The van der Waals surface area contributed by atoms with E-state index in [1.165, 1.54) is 18.4 Å². The van der Waals surface area contributed by atoms with E-state index in [1.54, 1.807) is 0 Å². The average Bonchev–Trinajstić information content (AvgIpc) is 2.29. The smallest absolute Gasteiger partial charge is 0.0870 e. The number of likely N-dealkylation sites (N-methyl/N-ethyl adjacent to an activating group) is 1. The molecule has 1 aliphatic rings. The van der Waals surface area contributed by atoms with Crippen LogP contribution in [0.25, 0.3) is 0 Å². The van der Waals surface area contributed by atoms with E-state index in [0.29, 0.717) is 11.5 Å². The van der Waals surface area contributed by atoms with Crippen LogP contribution in [-0.4, -0.2) is 25.3 Å². The van der Waals surface area contributed by atoms with Crippen LogP contribution in [0.1, 0.15) is 60.3 Å². The molecule has 1 unspecified atom stereocenters. The Labute approximate surface area is 113 Å². The van der Waals surface area contributed by atoms with Gasteiger partial charge in [-0.2, -0.15) is 0 Å². The van der Waals surface area contributed by atoms with Crippen LogP contribution in [0.5, 0.6) is 0 Å². The minimum atomic E-state index is -0.00368. The van der Waals surface area contributed by atoms with Gasteiger partial charge in [0, 0.05) is 6.61 Å². The summed E-state index contributed by atoms with van der Waals surface area (Å²) in [6, 6.07) is 0.332. The largest absolute Gasteiger partial charge is 0.373 e. The molecule has 1 atom stereocenters. The lowest BCUT2D eigenvalue weighted by Gasteiger charge is -2.47. The highest BCUT2D eigenvalue weighted by molar-refractivity contribution is 5.11. The normalized spacial score (nSPS) is 23.4. The van der Waals surface area contributed by atoms with Crippen molar-refractivity contribution in [2.24, 2.45) is 5.41 Å².